The topological polar surface area (TPSA) is 99.6 Å². The molecule has 0 aliphatic heterocycles. The minimum absolute atomic E-state index is 0.0396. The molecule has 7 nitrogen and oxygen atoms in total. The number of carbonyl (C=O) groups is 2. The van der Waals surface area contributed by atoms with Crippen molar-refractivity contribution < 1.29 is 23.7 Å². The van der Waals surface area contributed by atoms with Crippen LogP contribution in [0.3, 0.4) is 0 Å². The molecule has 1 aliphatic carbocycles. The number of methoxy groups -OCH3 is 1. The fourth-order valence-corrected chi connectivity index (χ4v) is 3.12. The quantitative estimate of drug-likeness (QED) is 0.291. The number of ketones is 2. The second-order valence-electron chi connectivity index (χ2n) is 6.11. The summed E-state index contributed by atoms with van der Waals surface area (Å²) in [6.07, 6.45) is 1.41. The van der Waals surface area contributed by atoms with Crippen molar-refractivity contribution in [3.63, 3.8) is 0 Å². The van der Waals surface area contributed by atoms with Gasteiger partial charge < -0.3 is 9.15 Å². The van der Waals surface area contributed by atoms with Crippen molar-refractivity contribution in [1.82, 2.24) is 0 Å². The van der Waals surface area contributed by atoms with Gasteiger partial charge in [0.25, 0.3) is 5.69 Å². The Labute approximate surface area is 159 Å². The van der Waals surface area contributed by atoms with E-state index in [0.717, 1.165) is 0 Å². The van der Waals surface area contributed by atoms with Crippen LogP contribution in [-0.4, -0.2) is 23.6 Å². The number of rotatable bonds is 4. The zero-order chi connectivity index (χ0) is 19.8. The fourth-order valence-electron chi connectivity index (χ4n) is 3.12. The molecular weight excluding hydrogens is 362 g/mol. The molecule has 0 atom stereocenters. The summed E-state index contributed by atoms with van der Waals surface area (Å²) in [5.41, 5.74) is 1.21. The zero-order valence-corrected chi connectivity index (χ0v) is 14.7. The highest BCUT2D eigenvalue weighted by molar-refractivity contribution is 6.41. The Balaban J connectivity index is 1.70. The molecule has 4 rings (SSSR count). The first-order valence-electron chi connectivity index (χ1n) is 8.32. The first-order valence-corrected chi connectivity index (χ1v) is 8.32. The van der Waals surface area contributed by atoms with Crippen LogP contribution in [0, 0.1) is 10.1 Å². The number of fused-ring (bicyclic) bond motifs is 1. The molecule has 0 radical (unpaired) electrons. The third-order valence-corrected chi connectivity index (χ3v) is 4.48. The van der Waals surface area contributed by atoms with Crippen LogP contribution in [0.4, 0.5) is 5.69 Å². The van der Waals surface area contributed by atoms with Gasteiger partial charge in [-0.25, -0.2) is 0 Å². The lowest BCUT2D eigenvalue weighted by Gasteiger charge is -2.05. The van der Waals surface area contributed by atoms with Crippen LogP contribution in [0.1, 0.15) is 26.5 Å². The number of nitro groups is 1. The lowest BCUT2D eigenvalue weighted by Crippen LogP contribution is -1.99. The minimum atomic E-state index is -0.515. The van der Waals surface area contributed by atoms with Crippen LogP contribution >= 0.6 is 0 Å². The third kappa shape index (κ3) is 2.79. The number of non-ortho nitro benzene ring substituents is 1. The summed E-state index contributed by atoms with van der Waals surface area (Å²) < 4.78 is 11.0. The van der Waals surface area contributed by atoms with Crippen LogP contribution in [0.15, 0.2) is 64.6 Å². The van der Waals surface area contributed by atoms with Crippen LogP contribution in [0.5, 0.6) is 5.75 Å². The number of benzene rings is 2. The molecule has 0 bridgehead atoms. The highest BCUT2D eigenvalue weighted by Crippen LogP contribution is 2.35. The Bertz CT molecular complexity index is 1130. The predicted molar refractivity (Wildman–Crippen MR) is 100 cm³/mol. The van der Waals surface area contributed by atoms with Crippen LogP contribution in [-0.2, 0) is 0 Å². The van der Waals surface area contributed by atoms with Gasteiger partial charge in [-0.2, -0.15) is 0 Å². The zero-order valence-electron chi connectivity index (χ0n) is 14.7. The van der Waals surface area contributed by atoms with Crippen molar-refractivity contribution in [1.29, 1.82) is 0 Å². The number of carbonyl (C=O) groups excluding carboxylic acids is 2. The molecule has 1 aliphatic rings. The molecular formula is C21H13NO6. The maximum absolute atomic E-state index is 12.5. The molecule has 0 fully saturated rings. The molecule has 138 valence electrons. The van der Waals surface area contributed by atoms with E-state index in [9.17, 15) is 19.7 Å². The van der Waals surface area contributed by atoms with E-state index in [1.807, 2.05) is 0 Å². The summed E-state index contributed by atoms with van der Waals surface area (Å²) in [6, 6.07) is 14.1. The van der Waals surface area contributed by atoms with E-state index in [0.29, 0.717) is 28.2 Å². The first kappa shape index (κ1) is 17.4. The van der Waals surface area contributed by atoms with Crippen molar-refractivity contribution in [2.45, 2.75) is 0 Å². The fraction of sp³-hybridized carbons (Fsp3) is 0.0476. The van der Waals surface area contributed by atoms with Crippen LogP contribution < -0.4 is 4.74 Å². The highest BCUT2D eigenvalue weighted by atomic mass is 16.6. The number of allylic oxidation sites excluding steroid dienone is 1. The van der Waals surface area contributed by atoms with Crippen LogP contribution in [0.25, 0.3) is 17.4 Å². The second kappa shape index (κ2) is 6.62. The van der Waals surface area contributed by atoms with Crippen molar-refractivity contribution in [2.24, 2.45) is 0 Å². The summed E-state index contributed by atoms with van der Waals surface area (Å²) in [5.74, 6) is 0.315. The molecule has 0 saturated heterocycles. The number of nitrogens with zero attached hydrogens (tertiary/aromatic N) is 1. The van der Waals surface area contributed by atoms with E-state index in [-0.39, 0.29) is 28.6 Å². The lowest BCUT2D eigenvalue weighted by atomic mass is 10.1. The molecule has 7 heteroatoms. The van der Waals surface area contributed by atoms with Crippen LogP contribution in [0.2, 0.25) is 0 Å². The largest absolute Gasteiger partial charge is 0.496 e. The number of hydrogen-bond acceptors (Lipinski definition) is 6. The molecule has 3 aromatic rings. The number of ether oxygens (including phenoxy) is 1. The van der Waals surface area contributed by atoms with Gasteiger partial charge in [-0.15, -0.1) is 0 Å². The number of nitro benzene ring substituents is 1. The van der Waals surface area contributed by atoms with Gasteiger partial charge in [-0.05, 0) is 24.3 Å². The van der Waals surface area contributed by atoms with Gasteiger partial charge in [0.1, 0.15) is 17.3 Å². The van der Waals surface area contributed by atoms with E-state index in [1.54, 1.807) is 36.4 Å². The Hall–Kier alpha value is -4.00. The predicted octanol–water partition coefficient (Wildman–Crippen LogP) is 4.33. The smallest absolute Gasteiger partial charge is 0.273 e. The molecule has 0 saturated carbocycles. The summed E-state index contributed by atoms with van der Waals surface area (Å²) in [4.78, 5) is 35.4. The Morgan fingerprint density at radius 2 is 1.64 bits per heavy atom. The van der Waals surface area contributed by atoms with Gasteiger partial charge in [0.15, 0.2) is 11.6 Å². The molecule has 2 aromatic carbocycles. The highest BCUT2D eigenvalue weighted by Gasteiger charge is 2.32. The van der Waals surface area contributed by atoms with Crippen molar-refractivity contribution >= 4 is 23.3 Å². The van der Waals surface area contributed by atoms with E-state index in [4.69, 9.17) is 9.15 Å². The van der Waals surface area contributed by atoms with E-state index in [1.165, 1.54) is 31.4 Å². The molecule has 28 heavy (non-hydrogen) atoms. The maximum atomic E-state index is 12.5. The van der Waals surface area contributed by atoms with E-state index >= 15 is 0 Å². The Morgan fingerprint density at radius 1 is 0.964 bits per heavy atom. The molecule has 0 spiro atoms. The Kier molecular flexibility index (Phi) is 4.12. The number of Topliss-reactive ketones (excluding diaryl/α,β-unsaturated/α-hetero) is 2. The van der Waals surface area contributed by atoms with Gasteiger partial charge in [0.2, 0.25) is 0 Å². The molecule has 0 amide bonds. The van der Waals surface area contributed by atoms with Gasteiger partial charge in [0.05, 0.1) is 29.2 Å². The van der Waals surface area contributed by atoms with Crippen molar-refractivity contribution in [3.8, 4) is 17.1 Å². The van der Waals surface area contributed by atoms with Gasteiger partial charge >= 0.3 is 0 Å². The minimum Gasteiger partial charge on any atom is -0.496 e. The third-order valence-electron chi connectivity index (χ3n) is 4.48. The monoisotopic (exact) mass is 375 g/mol. The van der Waals surface area contributed by atoms with Crippen molar-refractivity contribution in [3.05, 3.63) is 87.2 Å². The standard InChI is InChI=1S/C21H13NO6/c1-27-19-10-12(22(25)26)6-8-16(19)18-9-7-13(28-18)11-17-20(23)14-4-2-3-5-15(14)21(17)24/h2-11H,1H3. The lowest BCUT2D eigenvalue weighted by molar-refractivity contribution is -0.384. The number of hydrogen-bond donors (Lipinski definition) is 0. The normalized spacial score (nSPS) is 12.8. The molecule has 0 unspecified atom stereocenters. The average Bonchev–Trinajstić information content (AvgIpc) is 3.27. The first-order chi connectivity index (χ1) is 13.5. The summed E-state index contributed by atoms with van der Waals surface area (Å²) >= 11 is 0. The molecule has 1 heterocycles. The van der Waals surface area contributed by atoms with Gasteiger partial charge in [-0.3, -0.25) is 19.7 Å². The number of furan rings is 1. The van der Waals surface area contributed by atoms with Gasteiger partial charge in [-0.1, -0.05) is 24.3 Å². The van der Waals surface area contributed by atoms with Crippen molar-refractivity contribution in [2.75, 3.05) is 7.11 Å². The maximum Gasteiger partial charge on any atom is 0.273 e. The van der Waals surface area contributed by atoms with Gasteiger partial charge in [0, 0.05) is 17.2 Å². The second-order valence-corrected chi connectivity index (χ2v) is 6.11. The molecule has 0 N–H and O–H groups in total. The summed E-state index contributed by atoms with van der Waals surface area (Å²) in [7, 11) is 1.40. The summed E-state index contributed by atoms with van der Waals surface area (Å²) in [5, 5.41) is 10.9. The van der Waals surface area contributed by atoms with E-state index < -0.39 is 4.92 Å². The average molecular weight is 375 g/mol. The SMILES string of the molecule is COc1cc([N+](=O)[O-])ccc1-c1ccc(C=C2C(=O)c3ccccc3C2=O)o1. The summed E-state index contributed by atoms with van der Waals surface area (Å²) in [6.45, 7) is 0. The Morgan fingerprint density at radius 3 is 2.25 bits per heavy atom. The van der Waals surface area contributed by atoms with E-state index in [2.05, 4.69) is 0 Å². The molecule has 1 aromatic heterocycles.